The van der Waals surface area contributed by atoms with Gasteiger partial charge < -0.3 is 10.6 Å². The van der Waals surface area contributed by atoms with Crippen molar-refractivity contribution in [3.05, 3.63) is 27.1 Å². The molecule has 0 spiro atoms. The van der Waals surface area contributed by atoms with Gasteiger partial charge in [0.25, 0.3) is 0 Å². The molecule has 1 aromatic rings. The summed E-state index contributed by atoms with van der Waals surface area (Å²) in [6.07, 6.45) is 0.728. The summed E-state index contributed by atoms with van der Waals surface area (Å²) in [4.78, 5) is 21.9. The Morgan fingerprint density at radius 2 is 2.21 bits per heavy atom. The molecule has 1 unspecified atom stereocenters. The van der Waals surface area contributed by atoms with Gasteiger partial charge in [0.05, 0.1) is 11.0 Å². The zero-order valence-electron chi connectivity index (χ0n) is 11.3. The number of nitrogens with one attached hydrogen (secondary N) is 2. The number of nitro groups is 1. The molecule has 0 aliphatic carbocycles. The van der Waals surface area contributed by atoms with Gasteiger partial charge in [-0.15, -0.1) is 0 Å². The van der Waals surface area contributed by atoms with E-state index in [4.69, 9.17) is 0 Å². The summed E-state index contributed by atoms with van der Waals surface area (Å²) >= 11 is 1.10. The van der Waals surface area contributed by atoms with Gasteiger partial charge in [0.2, 0.25) is 5.91 Å². The SMILES string of the molecule is CNC(=O)C(CC(C)C)NCc1csc([N+](=O)[O-])c1. The second-order valence-electron chi connectivity index (χ2n) is 4.73. The number of nitrogens with zero attached hydrogens (tertiary/aromatic N) is 1. The van der Waals surface area contributed by atoms with Gasteiger partial charge in [-0.1, -0.05) is 25.2 Å². The quantitative estimate of drug-likeness (QED) is 0.592. The summed E-state index contributed by atoms with van der Waals surface area (Å²) in [6.45, 7) is 4.55. The fourth-order valence-electron chi connectivity index (χ4n) is 1.72. The molecule has 1 heterocycles. The van der Waals surface area contributed by atoms with Crippen molar-refractivity contribution in [3.8, 4) is 0 Å². The highest BCUT2D eigenvalue weighted by Gasteiger charge is 2.18. The smallest absolute Gasteiger partial charge is 0.324 e. The van der Waals surface area contributed by atoms with Gasteiger partial charge >= 0.3 is 5.00 Å². The van der Waals surface area contributed by atoms with Crippen LogP contribution >= 0.6 is 11.3 Å². The summed E-state index contributed by atoms with van der Waals surface area (Å²) in [5.74, 6) is 0.338. The highest BCUT2D eigenvalue weighted by atomic mass is 32.1. The number of amides is 1. The van der Waals surface area contributed by atoms with Crippen molar-refractivity contribution in [1.82, 2.24) is 10.6 Å². The molecule has 1 aromatic heterocycles. The van der Waals surface area contributed by atoms with Gasteiger partial charge in [-0.2, -0.15) is 0 Å². The summed E-state index contributed by atoms with van der Waals surface area (Å²) < 4.78 is 0. The molecular weight excluding hydrogens is 266 g/mol. The Morgan fingerprint density at radius 3 is 2.68 bits per heavy atom. The first kappa shape index (κ1) is 15.6. The fourth-order valence-corrected chi connectivity index (χ4v) is 2.45. The predicted molar refractivity (Wildman–Crippen MR) is 75.1 cm³/mol. The normalized spacial score (nSPS) is 12.4. The standard InChI is InChI=1S/C12H19N3O3S/c1-8(2)4-10(12(16)13-3)14-6-9-5-11(15(17)18)19-7-9/h5,7-8,10,14H,4,6H2,1-3H3,(H,13,16). The lowest BCUT2D eigenvalue weighted by Crippen LogP contribution is -2.43. The van der Waals surface area contributed by atoms with E-state index in [1.807, 2.05) is 13.8 Å². The van der Waals surface area contributed by atoms with Crippen LogP contribution in [0.5, 0.6) is 0 Å². The van der Waals surface area contributed by atoms with Crippen LogP contribution in [0.2, 0.25) is 0 Å². The van der Waals surface area contributed by atoms with Crippen molar-refractivity contribution in [1.29, 1.82) is 0 Å². The average molecular weight is 285 g/mol. The van der Waals surface area contributed by atoms with Crippen LogP contribution in [-0.4, -0.2) is 23.9 Å². The van der Waals surface area contributed by atoms with Gasteiger partial charge in [-0.25, -0.2) is 0 Å². The maximum Gasteiger partial charge on any atom is 0.324 e. The van der Waals surface area contributed by atoms with Crippen LogP contribution in [0.3, 0.4) is 0 Å². The molecule has 6 nitrogen and oxygen atoms in total. The second-order valence-corrected chi connectivity index (χ2v) is 5.62. The Kier molecular flexibility index (Phi) is 5.91. The van der Waals surface area contributed by atoms with Gasteiger partial charge in [-0.05, 0) is 17.9 Å². The van der Waals surface area contributed by atoms with Crippen LogP contribution in [0.1, 0.15) is 25.8 Å². The number of thiophene rings is 1. The topological polar surface area (TPSA) is 84.3 Å². The summed E-state index contributed by atoms with van der Waals surface area (Å²) in [7, 11) is 1.60. The van der Waals surface area contributed by atoms with Gasteiger partial charge in [-0.3, -0.25) is 14.9 Å². The van der Waals surface area contributed by atoms with E-state index < -0.39 is 4.92 Å². The van der Waals surface area contributed by atoms with Crippen LogP contribution in [0.15, 0.2) is 11.4 Å². The third-order valence-corrected chi connectivity index (χ3v) is 3.57. The van der Waals surface area contributed by atoms with Crippen LogP contribution in [0.25, 0.3) is 0 Å². The molecule has 0 aliphatic heterocycles. The van der Waals surface area contributed by atoms with Gasteiger partial charge in [0.15, 0.2) is 0 Å². The minimum Gasteiger partial charge on any atom is -0.358 e. The zero-order valence-corrected chi connectivity index (χ0v) is 12.1. The molecule has 1 rings (SSSR count). The first-order valence-electron chi connectivity index (χ1n) is 6.10. The number of carbonyl (C=O) groups is 1. The molecule has 0 aliphatic rings. The number of rotatable bonds is 7. The summed E-state index contributed by atoms with van der Waals surface area (Å²) in [5.41, 5.74) is 0.828. The first-order chi connectivity index (χ1) is 8.93. The lowest BCUT2D eigenvalue weighted by atomic mass is 10.0. The number of hydrogen-bond donors (Lipinski definition) is 2. The second kappa shape index (κ2) is 7.20. The predicted octanol–water partition coefficient (Wildman–Crippen LogP) is 1.91. The third-order valence-electron chi connectivity index (χ3n) is 2.64. The molecule has 106 valence electrons. The van der Waals surface area contributed by atoms with E-state index in [9.17, 15) is 14.9 Å². The minimum atomic E-state index is -0.404. The average Bonchev–Trinajstić information content (AvgIpc) is 2.82. The molecular formula is C12H19N3O3S. The number of likely N-dealkylation sites (N-methyl/N-ethyl adjacent to an activating group) is 1. The van der Waals surface area contributed by atoms with Crippen molar-refractivity contribution in [2.24, 2.45) is 5.92 Å². The molecule has 2 N–H and O–H groups in total. The summed E-state index contributed by atoms with van der Waals surface area (Å²) in [5, 5.41) is 18.2. The monoisotopic (exact) mass is 285 g/mol. The molecule has 0 fully saturated rings. The molecule has 7 heteroatoms. The van der Waals surface area contributed by atoms with E-state index >= 15 is 0 Å². The largest absolute Gasteiger partial charge is 0.358 e. The minimum absolute atomic E-state index is 0.0570. The van der Waals surface area contributed by atoms with Crippen molar-refractivity contribution >= 4 is 22.2 Å². The molecule has 0 radical (unpaired) electrons. The Bertz CT molecular complexity index is 445. The Labute approximate surface area is 116 Å². The lowest BCUT2D eigenvalue weighted by Gasteiger charge is -2.18. The Morgan fingerprint density at radius 1 is 1.53 bits per heavy atom. The lowest BCUT2D eigenvalue weighted by molar-refractivity contribution is -0.380. The van der Waals surface area contributed by atoms with Crippen molar-refractivity contribution in [2.45, 2.75) is 32.9 Å². The number of hydrogen-bond acceptors (Lipinski definition) is 5. The van der Waals surface area contributed by atoms with E-state index in [0.717, 1.165) is 23.3 Å². The highest BCUT2D eigenvalue weighted by molar-refractivity contribution is 7.13. The molecule has 0 saturated heterocycles. The highest BCUT2D eigenvalue weighted by Crippen LogP contribution is 2.22. The van der Waals surface area contributed by atoms with Crippen molar-refractivity contribution in [2.75, 3.05) is 7.05 Å². The van der Waals surface area contributed by atoms with E-state index in [0.29, 0.717) is 12.5 Å². The van der Waals surface area contributed by atoms with E-state index in [1.165, 1.54) is 6.07 Å². The zero-order chi connectivity index (χ0) is 14.4. The van der Waals surface area contributed by atoms with E-state index in [2.05, 4.69) is 10.6 Å². The maximum atomic E-state index is 11.7. The van der Waals surface area contributed by atoms with Crippen LogP contribution in [0.4, 0.5) is 5.00 Å². The summed E-state index contributed by atoms with van der Waals surface area (Å²) in [6, 6.07) is 1.26. The van der Waals surface area contributed by atoms with Crippen LogP contribution < -0.4 is 10.6 Å². The van der Waals surface area contributed by atoms with Crippen LogP contribution in [0, 0.1) is 16.0 Å². The Hall–Kier alpha value is -1.47. The van der Waals surface area contributed by atoms with Gasteiger partial charge in [0, 0.05) is 25.0 Å². The van der Waals surface area contributed by atoms with Crippen molar-refractivity contribution < 1.29 is 9.72 Å². The van der Waals surface area contributed by atoms with E-state index in [1.54, 1.807) is 12.4 Å². The fraction of sp³-hybridized carbons (Fsp3) is 0.583. The maximum absolute atomic E-state index is 11.7. The third kappa shape index (κ3) is 4.96. The van der Waals surface area contributed by atoms with E-state index in [-0.39, 0.29) is 17.0 Å². The molecule has 1 amide bonds. The van der Waals surface area contributed by atoms with Crippen molar-refractivity contribution in [3.63, 3.8) is 0 Å². The molecule has 0 aromatic carbocycles. The van der Waals surface area contributed by atoms with Gasteiger partial charge in [0.1, 0.15) is 0 Å². The number of carbonyl (C=O) groups excluding carboxylic acids is 1. The molecule has 19 heavy (non-hydrogen) atoms. The Balaban J connectivity index is 2.59. The molecule has 1 atom stereocenters. The van der Waals surface area contributed by atoms with Crippen LogP contribution in [-0.2, 0) is 11.3 Å². The molecule has 0 bridgehead atoms. The molecule has 0 saturated carbocycles. The first-order valence-corrected chi connectivity index (χ1v) is 6.98.